The van der Waals surface area contributed by atoms with Gasteiger partial charge in [0.25, 0.3) is 5.91 Å². The van der Waals surface area contributed by atoms with Crippen LogP contribution >= 0.6 is 0 Å². The highest BCUT2D eigenvalue weighted by molar-refractivity contribution is 6.06. The lowest BCUT2D eigenvalue weighted by atomic mass is 10.1. The van der Waals surface area contributed by atoms with E-state index in [0.29, 0.717) is 0 Å². The summed E-state index contributed by atoms with van der Waals surface area (Å²) in [7, 11) is 0. The number of carbonyl (C=O) groups excluding carboxylic acids is 1. The second kappa shape index (κ2) is 4.62. The van der Waals surface area contributed by atoms with Gasteiger partial charge >= 0.3 is 0 Å². The van der Waals surface area contributed by atoms with Crippen molar-refractivity contribution < 1.29 is 4.79 Å². The molecule has 1 heterocycles. The van der Waals surface area contributed by atoms with Gasteiger partial charge in [-0.2, -0.15) is 0 Å². The topological polar surface area (TPSA) is 36.1 Å². The molecular formula is C14H18N2O. The number of aromatic amines is 1. The van der Waals surface area contributed by atoms with Gasteiger partial charge in [0, 0.05) is 29.7 Å². The maximum absolute atomic E-state index is 12.4. The molecule has 2 rings (SSSR count). The number of aromatic nitrogens is 1. The number of nitrogens with one attached hydrogen (secondary N) is 1. The van der Waals surface area contributed by atoms with Gasteiger partial charge in [0.15, 0.2) is 0 Å². The van der Waals surface area contributed by atoms with Gasteiger partial charge in [-0.15, -0.1) is 0 Å². The van der Waals surface area contributed by atoms with Gasteiger partial charge < -0.3 is 9.88 Å². The van der Waals surface area contributed by atoms with E-state index in [0.717, 1.165) is 23.0 Å². The second-order valence-corrected chi connectivity index (χ2v) is 4.43. The van der Waals surface area contributed by atoms with Crippen molar-refractivity contribution in [2.75, 3.05) is 6.54 Å². The molecule has 3 heteroatoms. The van der Waals surface area contributed by atoms with Crippen molar-refractivity contribution in [3.63, 3.8) is 0 Å². The van der Waals surface area contributed by atoms with E-state index in [1.165, 1.54) is 0 Å². The molecule has 1 N–H and O–H groups in total. The van der Waals surface area contributed by atoms with Crippen LogP contribution in [0.2, 0.25) is 0 Å². The monoisotopic (exact) mass is 230 g/mol. The highest BCUT2D eigenvalue weighted by Gasteiger charge is 2.19. The van der Waals surface area contributed by atoms with Crippen LogP contribution in [0.15, 0.2) is 30.5 Å². The Morgan fingerprint density at radius 3 is 2.71 bits per heavy atom. The normalized spacial score (nSPS) is 11.1. The third kappa shape index (κ3) is 2.05. The number of carbonyl (C=O) groups is 1. The molecule has 0 saturated carbocycles. The molecule has 0 fully saturated rings. The standard InChI is InChI=1S/C14H18N2O/c1-4-16(10(2)3)14(17)12-9-15-13-8-6-5-7-11(12)13/h5-10,15H,4H2,1-3H3. The fraction of sp³-hybridized carbons (Fsp3) is 0.357. The first-order valence-electron chi connectivity index (χ1n) is 6.02. The second-order valence-electron chi connectivity index (χ2n) is 4.43. The number of rotatable bonds is 3. The molecule has 1 amide bonds. The molecule has 0 unspecified atom stereocenters. The van der Waals surface area contributed by atoms with Crippen LogP contribution in [0, 0.1) is 0 Å². The van der Waals surface area contributed by atoms with Crippen LogP contribution in [0.5, 0.6) is 0 Å². The summed E-state index contributed by atoms with van der Waals surface area (Å²) in [5, 5.41) is 0.997. The van der Waals surface area contributed by atoms with Crippen molar-refractivity contribution >= 4 is 16.8 Å². The Balaban J connectivity index is 2.43. The van der Waals surface area contributed by atoms with Gasteiger partial charge in [-0.3, -0.25) is 4.79 Å². The first-order valence-corrected chi connectivity index (χ1v) is 6.02. The van der Waals surface area contributed by atoms with Crippen LogP contribution < -0.4 is 0 Å². The molecule has 0 saturated heterocycles. The lowest BCUT2D eigenvalue weighted by Crippen LogP contribution is -2.36. The maximum Gasteiger partial charge on any atom is 0.256 e. The Kier molecular flexibility index (Phi) is 3.18. The molecule has 3 nitrogen and oxygen atoms in total. The van der Waals surface area contributed by atoms with Crippen LogP contribution in [0.1, 0.15) is 31.1 Å². The molecule has 90 valence electrons. The number of hydrogen-bond donors (Lipinski definition) is 1. The van der Waals surface area contributed by atoms with Gasteiger partial charge in [-0.05, 0) is 26.8 Å². The minimum Gasteiger partial charge on any atom is -0.360 e. The average Bonchev–Trinajstić information content (AvgIpc) is 2.72. The SMILES string of the molecule is CCN(C(=O)c1c[nH]c2ccccc12)C(C)C. The summed E-state index contributed by atoms with van der Waals surface area (Å²) >= 11 is 0. The zero-order chi connectivity index (χ0) is 12.4. The number of amides is 1. The summed E-state index contributed by atoms with van der Waals surface area (Å²) in [5.74, 6) is 0.0972. The molecule has 0 aliphatic rings. The van der Waals surface area contributed by atoms with Gasteiger partial charge in [0.1, 0.15) is 0 Å². The van der Waals surface area contributed by atoms with Gasteiger partial charge in [-0.1, -0.05) is 18.2 Å². The fourth-order valence-corrected chi connectivity index (χ4v) is 2.15. The van der Waals surface area contributed by atoms with Crippen LogP contribution in [0.3, 0.4) is 0 Å². The molecule has 0 bridgehead atoms. The van der Waals surface area contributed by atoms with Crippen LogP contribution in [-0.4, -0.2) is 28.4 Å². The maximum atomic E-state index is 12.4. The quantitative estimate of drug-likeness (QED) is 0.864. The van der Waals surface area contributed by atoms with Crippen molar-refractivity contribution in [2.24, 2.45) is 0 Å². The Morgan fingerprint density at radius 2 is 2.06 bits per heavy atom. The van der Waals surface area contributed by atoms with E-state index in [-0.39, 0.29) is 11.9 Å². The number of nitrogens with zero attached hydrogens (tertiary/aromatic N) is 1. The number of benzene rings is 1. The first kappa shape index (κ1) is 11.7. The van der Waals surface area contributed by atoms with Crippen LogP contribution in [0.25, 0.3) is 10.9 Å². The van der Waals surface area contributed by atoms with E-state index in [4.69, 9.17) is 0 Å². The number of para-hydroxylation sites is 1. The molecular weight excluding hydrogens is 212 g/mol. The van der Waals surface area contributed by atoms with Crippen molar-refractivity contribution in [3.05, 3.63) is 36.0 Å². The van der Waals surface area contributed by atoms with E-state index < -0.39 is 0 Å². The van der Waals surface area contributed by atoms with E-state index in [9.17, 15) is 4.79 Å². The van der Waals surface area contributed by atoms with Crippen molar-refractivity contribution in [3.8, 4) is 0 Å². The van der Waals surface area contributed by atoms with Crippen LogP contribution in [0.4, 0.5) is 0 Å². The third-order valence-electron chi connectivity index (χ3n) is 3.04. The molecule has 17 heavy (non-hydrogen) atoms. The minimum absolute atomic E-state index is 0.0972. The highest BCUT2D eigenvalue weighted by atomic mass is 16.2. The van der Waals surface area contributed by atoms with E-state index >= 15 is 0 Å². The minimum atomic E-state index is 0.0972. The molecule has 0 spiro atoms. The summed E-state index contributed by atoms with van der Waals surface area (Å²) in [4.78, 5) is 17.4. The number of H-pyrrole nitrogens is 1. The molecule has 1 aromatic heterocycles. The highest BCUT2D eigenvalue weighted by Crippen LogP contribution is 2.20. The number of hydrogen-bond acceptors (Lipinski definition) is 1. The Bertz CT molecular complexity index is 528. The molecule has 0 radical (unpaired) electrons. The van der Waals surface area contributed by atoms with Crippen molar-refractivity contribution in [2.45, 2.75) is 26.8 Å². The fourth-order valence-electron chi connectivity index (χ4n) is 2.15. The predicted molar refractivity (Wildman–Crippen MR) is 70.1 cm³/mol. The molecule has 0 aliphatic carbocycles. The van der Waals surface area contributed by atoms with Crippen molar-refractivity contribution in [1.29, 1.82) is 0 Å². The summed E-state index contributed by atoms with van der Waals surface area (Å²) in [6.07, 6.45) is 1.80. The van der Waals surface area contributed by atoms with Gasteiger partial charge in [0.2, 0.25) is 0 Å². The summed E-state index contributed by atoms with van der Waals surface area (Å²) in [6, 6.07) is 8.11. The largest absolute Gasteiger partial charge is 0.360 e. The lowest BCUT2D eigenvalue weighted by molar-refractivity contribution is 0.0719. The van der Waals surface area contributed by atoms with E-state index in [1.54, 1.807) is 6.20 Å². The Morgan fingerprint density at radius 1 is 1.35 bits per heavy atom. The molecule has 0 aliphatic heterocycles. The predicted octanol–water partition coefficient (Wildman–Crippen LogP) is 3.04. The number of fused-ring (bicyclic) bond motifs is 1. The molecule has 2 aromatic rings. The van der Waals surface area contributed by atoms with Gasteiger partial charge in [0.05, 0.1) is 5.56 Å². The zero-order valence-corrected chi connectivity index (χ0v) is 10.5. The Labute approximate surface area is 101 Å². The first-order chi connectivity index (χ1) is 8.15. The van der Waals surface area contributed by atoms with E-state index in [2.05, 4.69) is 4.98 Å². The average molecular weight is 230 g/mol. The molecule has 0 atom stereocenters. The summed E-state index contributed by atoms with van der Waals surface area (Å²) < 4.78 is 0. The molecule has 1 aromatic carbocycles. The summed E-state index contributed by atoms with van der Waals surface area (Å²) in [5.41, 5.74) is 1.77. The van der Waals surface area contributed by atoms with Crippen LogP contribution in [-0.2, 0) is 0 Å². The summed E-state index contributed by atoms with van der Waals surface area (Å²) in [6.45, 7) is 6.81. The lowest BCUT2D eigenvalue weighted by Gasteiger charge is -2.24. The third-order valence-corrected chi connectivity index (χ3v) is 3.04. The van der Waals surface area contributed by atoms with Crippen molar-refractivity contribution in [1.82, 2.24) is 9.88 Å². The zero-order valence-electron chi connectivity index (χ0n) is 10.5. The Hall–Kier alpha value is -1.77. The smallest absolute Gasteiger partial charge is 0.256 e. The van der Waals surface area contributed by atoms with E-state index in [1.807, 2.05) is 49.9 Å². The van der Waals surface area contributed by atoms with Gasteiger partial charge in [-0.25, -0.2) is 0 Å².